The highest BCUT2D eigenvalue weighted by molar-refractivity contribution is 6.35. The second-order valence-corrected chi connectivity index (χ2v) is 8.32. The number of benzene rings is 1. The van der Waals surface area contributed by atoms with E-state index in [0.29, 0.717) is 40.0 Å². The highest BCUT2D eigenvalue weighted by Crippen LogP contribution is 2.41. The number of carbonyl (C=O) groups is 1. The molecule has 32 heavy (non-hydrogen) atoms. The van der Waals surface area contributed by atoms with E-state index in [2.05, 4.69) is 25.5 Å². The van der Waals surface area contributed by atoms with Crippen molar-refractivity contribution in [3.63, 3.8) is 0 Å². The maximum absolute atomic E-state index is 15.3. The first-order valence-electron chi connectivity index (χ1n) is 10.0. The number of aromatic amines is 1. The van der Waals surface area contributed by atoms with Crippen LogP contribution in [0.1, 0.15) is 24.8 Å². The van der Waals surface area contributed by atoms with Crippen LogP contribution in [0.5, 0.6) is 0 Å². The molecule has 0 unspecified atom stereocenters. The molecule has 166 valence electrons. The first-order valence-corrected chi connectivity index (χ1v) is 10.4. The SMILES string of the molecule is COC[C@H](C)c1c(F)c(Cl)c(-c2cn3cc(NC(=O)[C@@H]4C[C@@H]4F)nc3cn2)c2cn[nH]c12. The molecule has 0 saturated heterocycles. The number of ether oxygens (including phenoxy) is 1. The van der Waals surface area contributed by atoms with Crippen LogP contribution in [0.3, 0.4) is 0 Å². The van der Waals surface area contributed by atoms with E-state index in [1.165, 1.54) is 6.20 Å². The van der Waals surface area contributed by atoms with Gasteiger partial charge in [0.15, 0.2) is 11.5 Å². The molecule has 4 aromatic rings. The first-order chi connectivity index (χ1) is 15.4. The normalized spacial score (nSPS) is 18.9. The van der Waals surface area contributed by atoms with Gasteiger partial charge in [0.05, 0.1) is 47.3 Å². The number of fused-ring (bicyclic) bond motifs is 2. The van der Waals surface area contributed by atoms with Crippen molar-refractivity contribution in [3.8, 4) is 11.3 Å². The molecule has 1 aliphatic rings. The van der Waals surface area contributed by atoms with E-state index in [9.17, 15) is 9.18 Å². The van der Waals surface area contributed by atoms with Gasteiger partial charge in [-0.25, -0.2) is 13.8 Å². The third-order valence-corrected chi connectivity index (χ3v) is 5.99. The Balaban J connectivity index is 1.57. The lowest BCUT2D eigenvalue weighted by atomic mass is 9.95. The van der Waals surface area contributed by atoms with E-state index >= 15 is 4.39 Å². The number of hydrogen-bond acceptors (Lipinski definition) is 5. The zero-order chi connectivity index (χ0) is 22.6. The van der Waals surface area contributed by atoms with Crippen LogP contribution in [0, 0.1) is 11.7 Å². The molecule has 8 nitrogen and oxygen atoms in total. The number of halogens is 3. The number of hydrogen-bond donors (Lipinski definition) is 2. The minimum absolute atomic E-state index is 0.0694. The zero-order valence-corrected chi connectivity index (χ0v) is 18.0. The van der Waals surface area contributed by atoms with E-state index in [0.717, 1.165) is 0 Å². The van der Waals surface area contributed by atoms with Crippen LogP contribution in [-0.4, -0.2) is 50.4 Å². The average molecular weight is 461 g/mol. The van der Waals surface area contributed by atoms with Gasteiger partial charge in [0.25, 0.3) is 0 Å². The average Bonchev–Trinajstić information content (AvgIpc) is 3.12. The summed E-state index contributed by atoms with van der Waals surface area (Å²) in [4.78, 5) is 20.7. The minimum Gasteiger partial charge on any atom is -0.384 e. The summed E-state index contributed by atoms with van der Waals surface area (Å²) in [7, 11) is 1.55. The molecule has 1 aromatic carbocycles. The number of alkyl halides is 1. The number of imidazole rings is 1. The fourth-order valence-corrected chi connectivity index (χ4v) is 4.23. The molecule has 3 heterocycles. The quantitative estimate of drug-likeness (QED) is 0.451. The third kappa shape index (κ3) is 3.39. The molecule has 1 saturated carbocycles. The van der Waals surface area contributed by atoms with Crippen molar-refractivity contribution >= 4 is 39.9 Å². The summed E-state index contributed by atoms with van der Waals surface area (Å²) in [5.41, 5.74) is 2.17. The van der Waals surface area contributed by atoms with Crippen LogP contribution < -0.4 is 5.32 Å². The summed E-state index contributed by atoms with van der Waals surface area (Å²) in [6.07, 6.45) is 5.42. The van der Waals surface area contributed by atoms with Gasteiger partial charge in [-0.3, -0.25) is 14.9 Å². The van der Waals surface area contributed by atoms with Crippen LogP contribution >= 0.6 is 11.6 Å². The molecule has 11 heteroatoms. The number of carbonyl (C=O) groups excluding carboxylic acids is 1. The summed E-state index contributed by atoms with van der Waals surface area (Å²) in [6.45, 7) is 2.16. The smallest absolute Gasteiger partial charge is 0.231 e. The van der Waals surface area contributed by atoms with Gasteiger partial charge in [0, 0.05) is 35.7 Å². The first kappa shape index (κ1) is 20.8. The second kappa shape index (κ2) is 7.79. The van der Waals surface area contributed by atoms with Crippen LogP contribution in [0.2, 0.25) is 5.02 Å². The van der Waals surface area contributed by atoms with Gasteiger partial charge in [0.1, 0.15) is 12.0 Å². The Bertz CT molecular complexity index is 1350. The number of amides is 1. The molecule has 1 amide bonds. The summed E-state index contributed by atoms with van der Waals surface area (Å²) in [5.74, 6) is -1.56. The maximum Gasteiger partial charge on any atom is 0.231 e. The topological polar surface area (TPSA) is 97.2 Å². The summed E-state index contributed by atoms with van der Waals surface area (Å²) in [5, 5.41) is 10.1. The second-order valence-electron chi connectivity index (χ2n) is 7.94. The molecule has 0 bridgehead atoms. The van der Waals surface area contributed by atoms with Gasteiger partial charge in [-0.05, 0) is 6.42 Å². The van der Waals surface area contributed by atoms with Crippen molar-refractivity contribution in [2.24, 2.45) is 5.92 Å². The fraction of sp³-hybridized carbons (Fsp3) is 0.333. The van der Waals surface area contributed by atoms with Gasteiger partial charge in [-0.2, -0.15) is 5.10 Å². The van der Waals surface area contributed by atoms with Crippen molar-refractivity contribution in [1.82, 2.24) is 24.6 Å². The molecule has 1 fully saturated rings. The van der Waals surface area contributed by atoms with E-state index < -0.39 is 23.8 Å². The van der Waals surface area contributed by atoms with Crippen LogP contribution in [0.4, 0.5) is 14.6 Å². The number of nitrogens with one attached hydrogen (secondary N) is 2. The predicted molar refractivity (Wildman–Crippen MR) is 115 cm³/mol. The predicted octanol–water partition coefficient (Wildman–Crippen LogP) is 4.11. The lowest BCUT2D eigenvalue weighted by molar-refractivity contribution is -0.117. The van der Waals surface area contributed by atoms with Gasteiger partial charge in [0.2, 0.25) is 5.91 Å². The lowest BCUT2D eigenvalue weighted by Crippen LogP contribution is -2.15. The highest BCUT2D eigenvalue weighted by Gasteiger charge is 2.43. The standard InChI is InChI=1S/C21H19ClF2N6O2/c1-9(8-32-2)16-19(24)18(22)17(11-4-26-29-20(11)16)13-6-30-7-14(27-15(30)5-25-13)28-21(31)10-3-12(10)23/h4-7,9-10,12H,3,8H2,1-2H3,(H,26,29)(H,28,31)/t9-,10+,12-/m0/s1. The van der Waals surface area contributed by atoms with Gasteiger partial charge < -0.3 is 14.5 Å². The molecule has 3 aromatic heterocycles. The Morgan fingerprint density at radius 2 is 2.22 bits per heavy atom. The Labute approximate surface area is 185 Å². The molecule has 5 rings (SSSR count). The van der Waals surface area contributed by atoms with Crippen molar-refractivity contribution < 1.29 is 18.3 Å². The van der Waals surface area contributed by atoms with Crippen LogP contribution in [0.15, 0.2) is 24.8 Å². The molecule has 3 atom stereocenters. The molecule has 0 spiro atoms. The third-order valence-electron chi connectivity index (χ3n) is 5.63. The lowest BCUT2D eigenvalue weighted by Gasteiger charge is -2.16. The molecule has 1 aliphatic carbocycles. The number of aromatic nitrogens is 5. The van der Waals surface area contributed by atoms with Crippen LogP contribution in [-0.2, 0) is 9.53 Å². The monoisotopic (exact) mass is 460 g/mol. The Hall–Kier alpha value is -3.11. The summed E-state index contributed by atoms with van der Waals surface area (Å²) < 4.78 is 35.3. The van der Waals surface area contributed by atoms with Crippen molar-refractivity contribution in [2.45, 2.75) is 25.4 Å². The van der Waals surface area contributed by atoms with Gasteiger partial charge in [-0.15, -0.1) is 0 Å². The minimum atomic E-state index is -1.09. The fourth-order valence-electron chi connectivity index (χ4n) is 3.93. The van der Waals surface area contributed by atoms with Crippen molar-refractivity contribution in [1.29, 1.82) is 0 Å². The Kier molecular flexibility index (Phi) is 5.06. The van der Waals surface area contributed by atoms with Gasteiger partial charge >= 0.3 is 0 Å². The van der Waals surface area contributed by atoms with E-state index in [4.69, 9.17) is 16.3 Å². The van der Waals surface area contributed by atoms with E-state index in [1.54, 1.807) is 30.1 Å². The Morgan fingerprint density at radius 1 is 1.44 bits per heavy atom. The number of anilines is 1. The maximum atomic E-state index is 15.3. The van der Waals surface area contributed by atoms with Crippen molar-refractivity contribution in [3.05, 3.63) is 41.2 Å². The van der Waals surface area contributed by atoms with Crippen LogP contribution in [0.25, 0.3) is 27.8 Å². The molecular weight excluding hydrogens is 442 g/mol. The molecule has 0 radical (unpaired) electrons. The van der Waals surface area contributed by atoms with Crippen molar-refractivity contribution in [2.75, 3.05) is 19.0 Å². The zero-order valence-electron chi connectivity index (χ0n) is 17.2. The Morgan fingerprint density at radius 3 is 2.94 bits per heavy atom. The molecule has 2 N–H and O–H groups in total. The number of H-pyrrole nitrogens is 1. The number of rotatable bonds is 6. The molecule has 0 aliphatic heterocycles. The van der Waals surface area contributed by atoms with E-state index in [-0.39, 0.29) is 23.2 Å². The molecular formula is C21H19ClF2N6O2. The number of methoxy groups -OCH3 is 1. The summed E-state index contributed by atoms with van der Waals surface area (Å²) >= 11 is 6.48. The summed E-state index contributed by atoms with van der Waals surface area (Å²) in [6, 6.07) is 0. The highest BCUT2D eigenvalue weighted by atomic mass is 35.5. The van der Waals surface area contributed by atoms with Gasteiger partial charge in [-0.1, -0.05) is 18.5 Å². The largest absolute Gasteiger partial charge is 0.384 e. The van der Waals surface area contributed by atoms with E-state index in [1.807, 2.05) is 6.92 Å². The number of nitrogens with zero attached hydrogens (tertiary/aromatic N) is 4.